The number of nitrogens with two attached hydrogens (primary N) is 1. The lowest BCUT2D eigenvalue weighted by Crippen LogP contribution is -2.51. The Kier molecular flexibility index (Phi) is 8.92. The molecular formula is C38H36F2N4O2S. The molecule has 2 aliphatic heterocycles. The Labute approximate surface area is 277 Å². The van der Waals surface area contributed by atoms with E-state index in [1.807, 2.05) is 37.3 Å². The highest BCUT2D eigenvalue weighted by Gasteiger charge is 2.31. The van der Waals surface area contributed by atoms with Crippen molar-refractivity contribution in [2.75, 3.05) is 13.1 Å². The van der Waals surface area contributed by atoms with Gasteiger partial charge in [0, 0.05) is 26.9 Å². The number of carbonyl (C=O) groups excluding carboxylic acids is 2. The summed E-state index contributed by atoms with van der Waals surface area (Å²) in [7, 11) is 0. The Morgan fingerprint density at radius 1 is 1.00 bits per heavy atom. The van der Waals surface area contributed by atoms with Crippen molar-refractivity contribution in [2.24, 2.45) is 16.1 Å². The monoisotopic (exact) mass is 650 g/mol. The first kappa shape index (κ1) is 32.1. The van der Waals surface area contributed by atoms with Gasteiger partial charge in [0.1, 0.15) is 17.8 Å². The van der Waals surface area contributed by atoms with Crippen LogP contribution in [0.4, 0.5) is 8.78 Å². The number of carbonyl (C=O) groups is 2. The number of rotatable bonds is 8. The molecule has 4 aromatic rings. The van der Waals surface area contributed by atoms with Gasteiger partial charge in [0.2, 0.25) is 5.91 Å². The van der Waals surface area contributed by atoms with E-state index in [2.05, 4.69) is 36.3 Å². The van der Waals surface area contributed by atoms with Gasteiger partial charge in [-0.25, -0.2) is 13.8 Å². The van der Waals surface area contributed by atoms with E-state index in [0.29, 0.717) is 24.4 Å². The molecule has 1 saturated heterocycles. The highest BCUT2D eigenvalue weighted by molar-refractivity contribution is 7.16. The lowest BCUT2D eigenvalue weighted by atomic mass is 9.86. The number of alkyl halides is 1. The largest absolute Gasteiger partial charge is 0.384 e. The average Bonchev–Trinajstić information content (AvgIpc) is 3.35. The van der Waals surface area contributed by atoms with Crippen LogP contribution in [-0.4, -0.2) is 42.2 Å². The molecule has 3 N–H and O–H groups in total. The van der Waals surface area contributed by atoms with E-state index >= 15 is 0 Å². The van der Waals surface area contributed by atoms with E-state index in [-0.39, 0.29) is 36.1 Å². The summed E-state index contributed by atoms with van der Waals surface area (Å²) >= 11 is 1.63. The molecule has 0 saturated carbocycles. The number of amides is 2. The summed E-state index contributed by atoms with van der Waals surface area (Å²) in [6, 6.07) is 20.0. The fraction of sp³-hybridized carbons (Fsp3) is 0.237. The number of hydrogen-bond donors (Lipinski definition) is 2. The maximum absolute atomic E-state index is 13.9. The number of benzene rings is 3. The SMILES string of the molecule is Cc1c(CNC(=O)/C=C/C2(C)C=NC(N)=CC2)sc(-c2ccc(-c3ccc(C(=O)N4CC(F)C4)cc3)cc2-c2ccc(F)cc2)c1C. The van der Waals surface area contributed by atoms with Gasteiger partial charge in [-0.05, 0) is 102 Å². The molecule has 1 fully saturated rings. The number of allylic oxidation sites excluding steroid dienone is 2. The van der Waals surface area contributed by atoms with Gasteiger partial charge in [0.15, 0.2) is 0 Å². The predicted molar refractivity (Wildman–Crippen MR) is 185 cm³/mol. The van der Waals surface area contributed by atoms with Crippen LogP contribution in [0, 0.1) is 25.1 Å². The molecule has 1 unspecified atom stereocenters. The fourth-order valence-electron chi connectivity index (χ4n) is 5.71. The van der Waals surface area contributed by atoms with Crippen molar-refractivity contribution >= 4 is 29.4 Å². The molecule has 9 heteroatoms. The van der Waals surface area contributed by atoms with Gasteiger partial charge in [-0.3, -0.25) is 9.59 Å². The van der Waals surface area contributed by atoms with Crippen LogP contribution in [0.3, 0.4) is 0 Å². The van der Waals surface area contributed by atoms with Gasteiger partial charge in [-0.1, -0.05) is 49.4 Å². The van der Waals surface area contributed by atoms with Crippen LogP contribution in [-0.2, 0) is 11.3 Å². The molecule has 3 aromatic carbocycles. The van der Waals surface area contributed by atoms with Crippen molar-refractivity contribution in [3.63, 3.8) is 0 Å². The van der Waals surface area contributed by atoms with Crippen LogP contribution >= 0.6 is 11.3 Å². The standard InChI is InChI=1S/C38H36F2N4O2S/c1-23-24(2)36(47-33(23)19-42-35(45)15-17-38(3)16-14-34(41)43-22-38)31-13-10-28(18-32(31)26-8-11-29(39)12-9-26)25-4-6-27(7-5-25)37(46)44-20-30(40)21-44/h4-15,17-18,22,30H,16,19-21,41H2,1-3H3,(H,42,45)/b17-15+. The summed E-state index contributed by atoms with van der Waals surface area (Å²) in [5.41, 5.74) is 12.8. The van der Waals surface area contributed by atoms with E-state index in [0.717, 1.165) is 48.7 Å². The summed E-state index contributed by atoms with van der Waals surface area (Å²) in [6.45, 7) is 6.80. The first-order valence-corrected chi connectivity index (χ1v) is 16.3. The molecule has 0 aliphatic carbocycles. The summed E-state index contributed by atoms with van der Waals surface area (Å²) < 4.78 is 27.2. The van der Waals surface area contributed by atoms with E-state index < -0.39 is 6.17 Å². The van der Waals surface area contributed by atoms with Crippen LogP contribution in [0.5, 0.6) is 0 Å². The summed E-state index contributed by atoms with van der Waals surface area (Å²) in [4.78, 5) is 33.2. The van der Waals surface area contributed by atoms with Crippen molar-refractivity contribution in [2.45, 2.75) is 39.9 Å². The molecule has 6 nitrogen and oxygen atoms in total. The quantitative estimate of drug-likeness (QED) is 0.191. The average molecular weight is 651 g/mol. The van der Waals surface area contributed by atoms with Crippen LogP contribution in [0.1, 0.15) is 39.7 Å². The topological polar surface area (TPSA) is 87.8 Å². The lowest BCUT2D eigenvalue weighted by molar-refractivity contribution is -0.116. The Morgan fingerprint density at radius 2 is 1.68 bits per heavy atom. The number of likely N-dealkylation sites (tertiary alicyclic amines) is 1. The number of nitrogens with zero attached hydrogens (tertiary/aromatic N) is 2. The number of hydrogen-bond acceptors (Lipinski definition) is 5. The minimum Gasteiger partial charge on any atom is -0.384 e. The number of aliphatic imine (C=N–C) groups is 1. The zero-order valence-corrected chi connectivity index (χ0v) is 27.3. The van der Waals surface area contributed by atoms with Gasteiger partial charge in [0.25, 0.3) is 5.91 Å². The molecule has 6 rings (SSSR count). The molecule has 2 amide bonds. The Hall–Kier alpha value is -4.89. The van der Waals surface area contributed by atoms with Crippen molar-refractivity contribution in [3.8, 4) is 32.7 Å². The van der Waals surface area contributed by atoms with Gasteiger partial charge in [-0.2, -0.15) is 0 Å². The molecule has 2 aliphatic rings. The van der Waals surface area contributed by atoms with E-state index in [1.54, 1.807) is 47.9 Å². The maximum Gasteiger partial charge on any atom is 0.254 e. The van der Waals surface area contributed by atoms with Crippen molar-refractivity contribution in [1.29, 1.82) is 0 Å². The Balaban J connectivity index is 1.26. The zero-order valence-electron chi connectivity index (χ0n) is 26.5. The highest BCUT2D eigenvalue weighted by Crippen LogP contribution is 2.42. The van der Waals surface area contributed by atoms with Gasteiger partial charge in [-0.15, -0.1) is 11.3 Å². The molecular weight excluding hydrogens is 615 g/mol. The lowest BCUT2D eigenvalue weighted by Gasteiger charge is -2.34. The first-order chi connectivity index (χ1) is 22.5. The number of nitrogens with one attached hydrogen (secondary N) is 1. The Morgan fingerprint density at radius 3 is 2.34 bits per heavy atom. The van der Waals surface area contributed by atoms with E-state index in [9.17, 15) is 18.4 Å². The zero-order chi connectivity index (χ0) is 33.3. The fourth-order valence-corrected chi connectivity index (χ4v) is 7.00. The van der Waals surface area contributed by atoms with Crippen molar-refractivity contribution in [3.05, 3.63) is 118 Å². The molecule has 0 bridgehead atoms. The summed E-state index contributed by atoms with van der Waals surface area (Å²) in [5, 5.41) is 3.02. The minimum absolute atomic E-state index is 0.138. The Bertz CT molecular complexity index is 1920. The number of thiophene rings is 1. The molecule has 3 heterocycles. The molecule has 0 spiro atoms. The second kappa shape index (κ2) is 13.1. The molecule has 1 atom stereocenters. The van der Waals surface area contributed by atoms with Crippen LogP contribution in [0.2, 0.25) is 0 Å². The number of halogens is 2. The second-order valence-corrected chi connectivity index (χ2v) is 13.5. The van der Waals surface area contributed by atoms with E-state index in [1.165, 1.54) is 17.0 Å². The van der Waals surface area contributed by atoms with Crippen LogP contribution in [0.15, 0.2) is 95.8 Å². The highest BCUT2D eigenvalue weighted by atomic mass is 32.1. The van der Waals surface area contributed by atoms with Gasteiger partial charge >= 0.3 is 0 Å². The second-order valence-electron chi connectivity index (χ2n) is 12.4. The smallest absolute Gasteiger partial charge is 0.254 e. The molecule has 0 radical (unpaired) electrons. The first-order valence-electron chi connectivity index (χ1n) is 15.5. The summed E-state index contributed by atoms with van der Waals surface area (Å²) in [5.74, 6) is -0.181. The van der Waals surface area contributed by atoms with E-state index in [4.69, 9.17) is 5.73 Å². The van der Waals surface area contributed by atoms with Gasteiger partial charge in [0.05, 0.1) is 19.6 Å². The van der Waals surface area contributed by atoms with Crippen molar-refractivity contribution in [1.82, 2.24) is 10.2 Å². The third kappa shape index (κ3) is 6.95. The third-order valence-electron chi connectivity index (χ3n) is 8.85. The third-order valence-corrected chi connectivity index (χ3v) is 10.3. The molecule has 47 heavy (non-hydrogen) atoms. The molecule has 240 valence electrons. The van der Waals surface area contributed by atoms with Crippen LogP contribution < -0.4 is 11.1 Å². The van der Waals surface area contributed by atoms with Crippen LogP contribution in [0.25, 0.3) is 32.7 Å². The predicted octanol–water partition coefficient (Wildman–Crippen LogP) is 7.75. The minimum atomic E-state index is -0.945. The van der Waals surface area contributed by atoms with Gasteiger partial charge < -0.3 is 16.0 Å². The van der Waals surface area contributed by atoms with Crippen molar-refractivity contribution < 1.29 is 18.4 Å². The maximum atomic E-state index is 13.9. The molecule has 1 aromatic heterocycles. The summed E-state index contributed by atoms with van der Waals surface area (Å²) in [6.07, 6.45) is 6.75. The normalized spacial score (nSPS) is 17.9.